The van der Waals surface area contributed by atoms with Crippen molar-refractivity contribution in [1.82, 2.24) is 4.72 Å². The maximum atomic E-state index is 11.2. The van der Waals surface area contributed by atoms with Crippen LogP contribution in [0.4, 0.5) is 0 Å². The molecule has 1 aromatic carbocycles. The quantitative estimate of drug-likeness (QED) is 0.446. The Morgan fingerprint density at radius 2 is 2.00 bits per heavy atom. The summed E-state index contributed by atoms with van der Waals surface area (Å²) >= 11 is 0. The van der Waals surface area contributed by atoms with Crippen LogP contribution in [0.25, 0.3) is 0 Å². The van der Waals surface area contributed by atoms with Crippen molar-refractivity contribution in [2.24, 2.45) is 5.73 Å². The first-order valence-corrected chi connectivity index (χ1v) is 7.09. The van der Waals surface area contributed by atoms with E-state index in [9.17, 15) is 8.42 Å². The lowest BCUT2D eigenvalue weighted by Crippen LogP contribution is -2.79. The van der Waals surface area contributed by atoms with E-state index in [1.54, 1.807) is 6.92 Å². The minimum absolute atomic E-state index is 0.00800. The molecule has 0 heterocycles. The molecule has 6 heteroatoms. The summed E-state index contributed by atoms with van der Waals surface area (Å²) in [5.41, 5.74) is 6.69. The predicted molar refractivity (Wildman–Crippen MR) is 67.8 cm³/mol. The van der Waals surface area contributed by atoms with Crippen molar-refractivity contribution in [1.29, 1.82) is 0 Å². The highest BCUT2D eigenvalue weighted by atomic mass is 32.2. The lowest BCUT2D eigenvalue weighted by Gasteiger charge is -1.99. The summed E-state index contributed by atoms with van der Waals surface area (Å²) < 4.78 is 24.6. The lowest BCUT2D eigenvalue weighted by atomic mass is 10.2. The Labute approximate surface area is 102 Å². The largest absolute Gasteiger partial charge is 0.356 e. The van der Waals surface area contributed by atoms with Crippen molar-refractivity contribution < 1.29 is 13.4 Å². The summed E-state index contributed by atoms with van der Waals surface area (Å²) in [6.07, 6.45) is 0.787. The number of nitrogens with one attached hydrogen (secondary N) is 2. The molecule has 0 radical (unpaired) electrons. The normalized spacial score (nSPS) is 12.4. The molecule has 5 nitrogen and oxygen atoms in total. The third kappa shape index (κ3) is 5.35. The van der Waals surface area contributed by atoms with Crippen molar-refractivity contribution in [3.8, 4) is 0 Å². The highest BCUT2D eigenvalue weighted by molar-refractivity contribution is 7.90. The monoisotopic (exact) mass is 256 g/mol. The van der Waals surface area contributed by atoms with Crippen LogP contribution in [0.1, 0.15) is 12.5 Å². The minimum Gasteiger partial charge on any atom is -0.290 e. The Morgan fingerprint density at radius 3 is 2.59 bits per heavy atom. The van der Waals surface area contributed by atoms with Gasteiger partial charge in [0.05, 0.1) is 12.3 Å². The Kier molecular flexibility index (Phi) is 4.96. The lowest BCUT2D eigenvalue weighted by molar-refractivity contribution is -0.459. The van der Waals surface area contributed by atoms with E-state index < -0.39 is 10.0 Å². The second-order valence-electron chi connectivity index (χ2n) is 3.58. The summed E-state index contributed by atoms with van der Waals surface area (Å²) in [7, 11) is -3.29. The first-order valence-electron chi connectivity index (χ1n) is 5.44. The molecule has 0 aliphatic heterocycles. The van der Waals surface area contributed by atoms with E-state index in [4.69, 9.17) is 5.73 Å². The Hall–Kier alpha value is -1.56. The van der Waals surface area contributed by atoms with Gasteiger partial charge in [0.1, 0.15) is 0 Å². The molecule has 0 unspecified atom stereocenters. The van der Waals surface area contributed by atoms with E-state index in [0.717, 1.165) is 6.42 Å². The number of guanidine groups is 1. The van der Waals surface area contributed by atoms with Crippen molar-refractivity contribution in [2.45, 2.75) is 13.3 Å². The fraction of sp³-hybridized carbons (Fsp3) is 0.364. The molecule has 17 heavy (non-hydrogen) atoms. The van der Waals surface area contributed by atoms with E-state index in [0.29, 0.717) is 6.54 Å². The standard InChI is InChI=1S/C11H17N3O2S/c1-2-17(15,16)14-11(12)13-9-8-10-6-4-3-5-7-10/h3-7H,2,8-9H2,1H3,(H3,12,13,14)/p+1. The van der Waals surface area contributed by atoms with Gasteiger partial charge in [0.25, 0.3) is 10.0 Å². The summed E-state index contributed by atoms with van der Waals surface area (Å²) in [5.74, 6) is 0.0800. The predicted octanol–water partition coefficient (Wildman–Crippen LogP) is -1.44. The molecule has 0 saturated heterocycles. The maximum absolute atomic E-state index is 11.2. The van der Waals surface area contributed by atoms with Gasteiger partial charge >= 0.3 is 5.96 Å². The van der Waals surface area contributed by atoms with Crippen molar-refractivity contribution in [2.75, 3.05) is 12.3 Å². The highest BCUT2D eigenvalue weighted by Gasteiger charge is 2.12. The topological polar surface area (TPSA) is 86.2 Å². The van der Waals surface area contributed by atoms with E-state index in [1.165, 1.54) is 5.56 Å². The van der Waals surface area contributed by atoms with Gasteiger partial charge < -0.3 is 0 Å². The zero-order chi connectivity index (χ0) is 12.7. The number of rotatable bonds is 5. The SMILES string of the molecule is CCS(=O)(=O)NC(N)=[NH+]CCc1ccccc1. The van der Waals surface area contributed by atoms with Crippen LogP contribution in [0.3, 0.4) is 0 Å². The van der Waals surface area contributed by atoms with Gasteiger partial charge in [-0.25, -0.2) is 0 Å². The van der Waals surface area contributed by atoms with Crippen LogP contribution >= 0.6 is 0 Å². The van der Waals surface area contributed by atoms with E-state index in [2.05, 4.69) is 9.71 Å². The second-order valence-corrected chi connectivity index (χ2v) is 5.59. The molecule has 0 bridgehead atoms. The van der Waals surface area contributed by atoms with Crippen LogP contribution in [-0.4, -0.2) is 26.7 Å². The fourth-order valence-electron chi connectivity index (χ4n) is 1.26. The molecule has 0 amide bonds. The molecule has 0 saturated carbocycles. The zero-order valence-electron chi connectivity index (χ0n) is 9.81. The number of benzene rings is 1. The average molecular weight is 256 g/mol. The summed E-state index contributed by atoms with van der Waals surface area (Å²) in [6.45, 7) is 2.14. The van der Waals surface area contributed by atoms with E-state index >= 15 is 0 Å². The van der Waals surface area contributed by atoms with Gasteiger partial charge in [-0.2, -0.15) is 13.1 Å². The Morgan fingerprint density at radius 1 is 1.35 bits per heavy atom. The van der Waals surface area contributed by atoms with Crippen LogP contribution in [-0.2, 0) is 16.4 Å². The molecule has 4 N–H and O–H groups in total. The number of sulfonamides is 1. The number of hydrogen-bond donors (Lipinski definition) is 3. The van der Waals surface area contributed by atoms with Gasteiger partial charge in [0.15, 0.2) is 0 Å². The molecule has 0 aromatic heterocycles. The van der Waals surface area contributed by atoms with Gasteiger partial charge in [-0.1, -0.05) is 30.3 Å². The highest BCUT2D eigenvalue weighted by Crippen LogP contribution is 1.96. The summed E-state index contributed by atoms with van der Waals surface area (Å²) in [5, 5.41) is 0. The molecule has 94 valence electrons. The van der Waals surface area contributed by atoms with Crippen molar-refractivity contribution in [3.05, 3.63) is 35.9 Å². The van der Waals surface area contributed by atoms with E-state index in [1.807, 2.05) is 30.3 Å². The summed E-state index contributed by atoms with van der Waals surface area (Å²) in [4.78, 5) is 2.83. The van der Waals surface area contributed by atoms with Crippen LogP contribution in [0, 0.1) is 0 Å². The molecule has 0 spiro atoms. The first-order chi connectivity index (χ1) is 8.03. The Bertz CT molecular complexity index is 469. The molecule has 0 atom stereocenters. The molecule has 1 rings (SSSR count). The molecule has 0 aliphatic rings. The van der Waals surface area contributed by atoms with Gasteiger partial charge in [-0.05, 0) is 12.5 Å². The third-order valence-electron chi connectivity index (χ3n) is 2.22. The molecular weight excluding hydrogens is 238 g/mol. The molecule has 0 fully saturated rings. The van der Waals surface area contributed by atoms with Crippen LogP contribution < -0.4 is 15.4 Å². The summed E-state index contributed by atoms with van der Waals surface area (Å²) in [6, 6.07) is 9.89. The fourth-order valence-corrected chi connectivity index (χ4v) is 1.81. The van der Waals surface area contributed by atoms with Crippen molar-refractivity contribution >= 4 is 16.0 Å². The van der Waals surface area contributed by atoms with Gasteiger partial charge in [0, 0.05) is 6.42 Å². The number of hydrogen-bond acceptors (Lipinski definition) is 2. The van der Waals surface area contributed by atoms with Gasteiger partial charge in [-0.15, -0.1) is 0 Å². The molecule has 0 aliphatic carbocycles. The van der Waals surface area contributed by atoms with Gasteiger partial charge in [-0.3, -0.25) is 10.7 Å². The third-order valence-corrected chi connectivity index (χ3v) is 3.51. The van der Waals surface area contributed by atoms with Crippen LogP contribution in [0.2, 0.25) is 0 Å². The zero-order valence-corrected chi connectivity index (χ0v) is 10.6. The van der Waals surface area contributed by atoms with Gasteiger partial charge in [0.2, 0.25) is 0 Å². The number of nitrogens with two attached hydrogens (primary N) is 1. The van der Waals surface area contributed by atoms with Crippen molar-refractivity contribution in [3.63, 3.8) is 0 Å². The average Bonchev–Trinajstić information content (AvgIpc) is 2.30. The smallest absolute Gasteiger partial charge is 0.290 e. The molecule has 1 aromatic rings. The minimum atomic E-state index is -3.29. The first kappa shape index (κ1) is 13.5. The Balaban J connectivity index is 2.44. The van der Waals surface area contributed by atoms with E-state index in [-0.39, 0.29) is 11.7 Å². The van der Waals surface area contributed by atoms with Crippen LogP contribution in [0.15, 0.2) is 30.3 Å². The second kappa shape index (κ2) is 6.24. The maximum Gasteiger partial charge on any atom is 0.356 e. The molecular formula is C11H18N3O2S+. The van der Waals surface area contributed by atoms with Crippen LogP contribution in [0.5, 0.6) is 0 Å².